The highest BCUT2D eigenvalue weighted by Crippen LogP contribution is 2.38. The van der Waals surface area contributed by atoms with Crippen molar-refractivity contribution in [3.05, 3.63) is 53.6 Å². The number of ether oxygens (including phenoxy) is 1. The summed E-state index contributed by atoms with van der Waals surface area (Å²) in [5.74, 6) is 1.78. The van der Waals surface area contributed by atoms with Gasteiger partial charge in [0.05, 0.1) is 0 Å². The summed E-state index contributed by atoms with van der Waals surface area (Å²) in [5, 5.41) is 9.15. The molecule has 3 heteroatoms. The Labute approximate surface area is 181 Å². The fourth-order valence-corrected chi connectivity index (χ4v) is 4.56. The summed E-state index contributed by atoms with van der Waals surface area (Å²) >= 11 is 0. The van der Waals surface area contributed by atoms with Gasteiger partial charge in [0.25, 0.3) is 0 Å². The first-order chi connectivity index (χ1) is 14.5. The van der Waals surface area contributed by atoms with Gasteiger partial charge in [0, 0.05) is 5.56 Å². The van der Waals surface area contributed by atoms with Gasteiger partial charge in [0.1, 0.15) is 5.75 Å². The molecule has 0 bridgehead atoms. The topological polar surface area (TPSA) is 46.5 Å². The van der Waals surface area contributed by atoms with Crippen LogP contribution in [-0.2, 0) is 6.42 Å². The van der Waals surface area contributed by atoms with Crippen molar-refractivity contribution in [2.45, 2.75) is 84.0 Å². The number of rotatable bonds is 9. The highest BCUT2D eigenvalue weighted by Gasteiger charge is 2.18. The van der Waals surface area contributed by atoms with Crippen LogP contribution in [0.3, 0.4) is 0 Å². The summed E-state index contributed by atoms with van der Waals surface area (Å²) < 4.78 is 5.10. The van der Waals surface area contributed by atoms with Gasteiger partial charge < -0.3 is 9.84 Å². The van der Waals surface area contributed by atoms with E-state index >= 15 is 0 Å². The third kappa shape index (κ3) is 6.62. The average Bonchev–Trinajstić information content (AvgIpc) is 2.74. The fraction of sp³-hybridized carbons (Fsp3) is 0.519. The normalized spacial score (nSPS) is 14.8. The van der Waals surface area contributed by atoms with Crippen molar-refractivity contribution in [1.82, 2.24) is 0 Å². The van der Waals surface area contributed by atoms with Crippen molar-refractivity contribution in [1.29, 1.82) is 0 Å². The maximum absolute atomic E-state index is 11.2. The van der Waals surface area contributed by atoms with Crippen LogP contribution in [0.25, 0.3) is 11.1 Å². The fourth-order valence-electron chi connectivity index (χ4n) is 4.56. The third-order valence-corrected chi connectivity index (χ3v) is 6.29. The van der Waals surface area contributed by atoms with Crippen LogP contribution in [0.1, 0.15) is 88.7 Å². The lowest BCUT2D eigenvalue weighted by Gasteiger charge is -2.23. The van der Waals surface area contributed by atoms with Gasteiger partial charge in [-0.15, -0.1) is 0 Å². The molecule has 162 valence electrons. The second-order valence-electron chi connectivity index (χ2n) is 9.15. The molecule has 0 unspecified atom stereocenters. The zero-order chi connectivity index (χ0) is 21.3. The summed E-state index contributed by atoms with van der Waals surface area (Å²) in [7, 11) is 0. The van der Waals surface area contributed by atoms with Gasteiger partial charge in [0.15, 0.2) is 0 Å². The van der Waals surface area contributed by atoms with E-state index in [9.17, 15) is 4.79 Å². The quantitative estimate of drug-likeness (QED) is 0.258. The number of hydrogen-bond acceptors (Lipinski definition) is 2. The lowest BCUT2D eigenvalue weighted by atomic mass is 9.83. The van der Waals surface area contributed by atoms with E-state index in [0.717, 1.165) is 23.5 Å². The molecular formula is C27H36O3. The minimum Gasteiger partial charge on any atom is -0.449 e. The van der Waals surface area contributed by atoms with Crippen LogP contribution in [0.15, 0.2) is 42.5 Å². The molecule has 1 aliphatic rings. The van der Waals surface area contributed by atoms with E-state index in [-0.39, 0.29) is 0 Å². The largest absolute Gasteiger partial charge is 0.511 e. The molecule has 0 radical (unpaired) electrons. The molecular weight excluding hydrogens is 372 g/mol. The molecule has 0 spiro atoms. The van der Waals surface area contributed by atoms with Crippen LogP contribution in [0.4, 0.5) is 4.79 Å². The Bertz CT molecular complexity index is 801. The minimum atomic E-state index is -1.26. The van der Waals surface area contributed by atoms with E-state index < -0.39 is 6.16 Å². The first-order valence-electron chi connectivity index (χ1n) is 11.7. The molecule has 30 heavy (non-hydrogen) atoms. The van der Waals surface area contributed by atoms with Gasteiger partial charge in [-0.25, -0.2) is 4.79 Å². The minimum absolute atomic E-state index is 0.420. The molecule has 3 rings (SSSR count). The SMILES string of the molecule is CC(C)CCCCCc1ccc(-c2cc(C3CCCCC3)ccc2OC(=O)O)cc1. The van der Waals surface area contributed by atoms with Gasteiger partial charge >= 0.3 is 6.16 Å². The Hall–Kier alpha value is -2.29. The molecule has 0 heterocycles. The first kappa shape index (κ1) is 22.4. The van der Waals surface area contributed by atoms with Gasteiger partial charge in [-0.1, -0.05) is 82.7 Å². The van der Waals surface area contributed by atoms with E-state index in [2.05, 4.69) is 44.2 Å². The Morgan fingerprint density at radius 3 is 2.40 bits per heavy atom. The number of carbonyl (C=O) groups is 1. The van der Waals surface area contributed by atoms with E-state index in [1.54, 1.807) is 0 Å². The average molecular weight is 409 g/mol. The van der Waals surface area contributed by atoms with Gasteiger partial charge in [-0.05, 0) is 66.3 Å². The van der Waals surface area contributed by atoms with Gasteiger partial charge in [-0.3, -0.25) is 0 Å². The molecule has 0 aromatic heterocycles. The maximum atomic E-state index is 11.2. The van der Waals surface area contributed by atoms with Crippen LogP contribution < -0.4 is 4.74 Å². The summed E-state index contributed by atoms with van der Waals surface area (Å²) in [6.07, 6.45) is 11.3. The molecule has 2 aromatic rings. The van der Waals surface area contributed by atoms with E-state index in [0.29, 0.717) is 11.7 Å². The predicted octanol–water partition coefficient (Wildman–Crippen LogP) is 8.22. The third-order valence-electron chi connectivity index (χ3n) is 6.29. The molecule has 0 aliphatic heterocycles. The van der Waals surface area contributed by atoms with Crippen molar-refractivity contribution >= 4 is 6.16 Å². The summed E-state index contributed by atoms with van der Waals surface area (Å²) in [6, 6.07) is 14.6. The molecule has 1 saturated carbocycles. The van der Waals surface area contributed by atoms with Crippen LogP contribution in [0.2, 0.25) is 0 Å². The number of aryl methyl sites for hydroxylation is 1. The highest BCUT2D eigenvalue weighted by atomic mass is 16.7. The first-order valence-corrected chi connectivity index (χ1v) is 11.7. The second kappa shape index (κ2) is 11.2. The van der Waals surface area contributed by atoms with Crippen LogP contribution in [-0.4, -0.2) is 11.3 Å². The van der Waals surface area contributed by atoms with E-state index in [4.69, 9.17) is 9.84 Å². The Morgan fingerprint density at radius 1 is 1.00 bits per heavy atom. The van der Waals surface area contributed by atoms with E-state index in [1.807, 2.05) is 12.1 Å². The molecule has 3 nitrogen and oxygen atoms in total. The maximum Gasteiger partial charge on any atom is 0.511 e. The number of carboxylic acid groups (broad SMARTS) is 1. The van der Waals surface area contributed by atoms with Gasteiger partial charge in [0.2, 0.25) is 0 Å². The number of hydrogen-bond donors (Lipinski definition) is 1. The van der Waals surface area contributed by atoms with Crippen LogP contribution in [0, 0.1) is 5.92 Å². The molecule has 2 aromatic carbocycles. The zero-order valence-electron chi connectivity index (χ0n) is 18.5. The van der Waals surface area contributed by atoms with Crippen molar-refractivity contribution in [2.24, 2.45) is 5.92 Å². The zero-order valence-corrected chi connectivity index (χ0v) is 18.5. The Kier molecular flexibility index (Phi) is 8.36. The molecule has 1 fully saturated rings. The Morgan fingerprint density at radius 2 is 1.73 bits per heavy atom. The van der Waals surface area contributed by atoms with Crippen LogP contribution in [0.5, 0.6) is 5.75 Å². The predicted molar refractivity (Wildman–Crippen MR) is 123 cm³/mol. The van der Waals surface area contributed by atoms with E-state index in [1.165, 1.54) is 68.9 Å². The van der Waals surface area contributed by atoms with Crippen molar-refractivity contribution in [3.63, 3.8) is 0 Å². The second-order valence-corrected chi connectivity index (χ2v) is 9.15. The summed E-state index contributed by atoms with van der Waals surface area (Å²) in [4.78, 5) is 11.2. The van der Waals surface area contributed by atoms with Crippen LogP contribution >= 0.6 is 0 Å². The van der Waals surface area contributed by atoms with Gasteiger partial charge in [-0.2, -0.15) is 0 Å². The lowest BCUT2D eigenvalue weighted by molar-refractivity contribution is 0.144. The number of unbranched alkanes of at least 4 members (excludes halogenated alkanes) is 2. The van der Waals surface area contributed by atoms with Crippen molar-refractivity contribution in [3.8, 4) is 16.9 Å². The molecule has 0 amide bonds. The summed E-state index contributed by atoms with van der Waals surface area (Å²) in [5.41, 5.74) is 4.54. The molecule has 0 saturated heterocycles. The van der Waals surface area contributed by atoms with Crippen molar-refractivity contribution < 1.29 is 14.6 Å². The monoisotopic (exact) mass is 408 g/mol. The lowest BCUT2D eigenvalue weighted by Crippen LogP contribution is -2.07. The summed E-state index contributed by atoms with van der Waals surface area (Å²) in [6.45, 7) is 4.56. The highest BCUT2D eigenvalue weighted by molar-refractivity contribution is 5.75. The molecule has 0 atom stereocenters. The smallest absolute Gasteiger partial charge is 0.449 e. The molecule has 1 N–H and O–H groups in total. The number of benzene rings is 2. The Balaban J connectivity index is 1.72. The standard InChI is InChI=1S/C27H36O3/c1-20(2)9-5-3-6-10-21-13-15-23(16-14-21)25-19-24(22-11-7-4-8-12-22)17-18-26(25)30-27(28)29/h13-20,22H,3-12H2,1-2H3,(H,28,29). The van der Waals surface area contributed by atoms with Crippen molar-refractivity contribution in [2.75, 3.05) is 0 Å². The molecule has 1 aliphatic carbocycles.